The molecule has 1 saturated heterocycles. The number of ether oxygens (including phenoxy) is 3. The van der Waals surface area contributed by atoms with E-state index in [4.69, 9.17) is 19.3 Å². The molecule has 1 amide bonds. The van der Waals surface area contributed by atoms with Gasteiger partial charge in [0.05, 0.1) is 12.7 Å². The van der Waals surface area contributed by atoms with E-state index in [-0.39, 0.29) is 37.1 Å². The fraction of sp³-hybridized carbons (Fsp3) is 0.455. The third kappa shape index (κ3) is 8.20. The standard InChI is InChI=1S/C13H18N2O3.C9H10F2O2/c1-9-2-3-12(18-9)13(17)15-11-4-6-14-10(8-11)5-7-16;1-12-5-6-13-8-4-2-3-7(10)9(8)11/h4,6,8-9,12,16H,2-3,5,7H2,1H3,(H,14,15,17);2-4H,5-6H2,1H3. The molecule has 1 aliphatic heterocycles. The maximum atomic E-state index is 12.9. The molecule has 0 radical (unpaired) electrons. The number of carbonyl (C=O) groups excluding carboxylic acids is 1. The number of hydrogen-bond donors (Lipinski definition) is 2. The zero-order valence-electron chi connectivity index (χ0n) is 17.6. The molecular formula is C22H28F2N2O5. The van der Waals surface area contributed by atoms with Gasteiger partial charge in [-0.1, -0.05) is 6.07 Å². The van der Waals surface area contributed by atoms with Crippen molar-refractivity contribution in [2.45, 2.75) is 38.4 Å². The number of nitrogens with one attached hydrogen (secondary N) is 1. The molecule has 2 aromatic rings. The number of amides is 1. The van der Waals surface area contributed by atoms with Crippen LogP contribution in [0.4, 0.5) is 14.5 Å². The number of aliphatic hydroxyl groups excluding tert-OH is 1. The normalized spacial score (nSPS) is 17.6. The second-order valence-corrected chi connectivity index (χ2v) is 6.90. The van der Waals surface area contributed by atoms with Gasteiger partial charge in [0.25, 0.3) is 5.91 Å². The van der Waals surface area contributed by atoms with E-state index in [9.17, 15) is 13.6 Å². The average molecular weight is 438 g/mol. The first-order valence-corrected chi connectivity index (χ1v) is 10.0. The summed E-state index contributed by atoms with van der Waals surface area (Å²) < 4.78 is 40.6. The summed E-state index contributed by atoms with van der Waals surface area (Å²) in [7, 11) is 1.51. The van der Waals surface area contributed by atoms with Crippen molar-refractivity contribution >= 4 is 11.6 Å². The van der Waals surface area contributed by atoms with Gasteiger partial charge < -0.3 is 24.6 Å². The number of benzene rings is 1. The lowest BCUT2D eigenvalue weighted by Crippen LogP contribution is -2.27. The number of anilines is 1. The highest BCUT2D eigenvalue weighted by Gasteiger charge is 2.28. The van der Waals surface area contributed by atoms with Crippen molar-refractivity contribution in [1.29, 1.82) is 0 Å². The van der Waals surface area contributed by atoms with E-state index in [2.05, 4.69) is 10.3 Å². The predicted octanol–water partition coefficient (Wildman–Crippen LogP) is 3.11. The Labute approximate surface area is 180 Å². The number of carbonyl (C=O) groups is 1. The Bertz CT molecular complexity index is 837. The van der Waals surface area contributed by atoms with Crippen LogP contribution in [0.1, 0.15) is 25.5 Å². The quantitative estimate of drug-likeness (QED) is 0.616. The summed E-state index contributed by atoms with van der Waals surface area (Å²) in [4.78, 5) is 16.0. The highest BCUT2D eigenvalue weighted by atomic mass is 19.2. The first-order chi connectivity index (χ1) is 14.9. The van der Waals surface area contributed by atoms with Crippen LogP contribution in [-0.4, -0.2) is 55.1 Å². The third-order valence-electron chi connectivity index (χ3n) is 4.44. The molecule has 0 spiro atoms. The molecule has 170 valence electrons. The van der Waals surface area contributed by atoms with Gasteiger partial charge in [0, 0.05) is 37.7 Å². The molecule has 1 fully saturated rings. The Balaban J connectivity index is 0.000000233. The van der Waals surface area contributed by atoms with Crippen LogP contribution in [0.5, 0.6) is 5.75 Å². The Morgan fingerprint density at radius 1 is 1.29 bits per heavy atom. The van der Waals surface area contributed by atoms with Crippen LogP contribution in [0.2, 0.25) is 0 Å². The fourth-order valence-corrected chi connectivity index (χ4v) is 2.86. The molecule has 31 heavy (non-hydrogen) atoms. The lowest BCUT2D eigenvalue weighted by Gasteiger charge is -2.12. The summed E-state index contributed by atoms with van der Waals surface area (Å²) >= 11 is 0. The van der Waals surface area contributed by atoms with Crippen LogP contribution in [-0.2, 0) is 20.7 Å². The van der Waals surface area contributed by atoms with Crippen LogP contribution in [0.15, 0.2) is 36.5 Å². The van der Waals surface area contributed by atoms with E-state index in [1.165, 1.54) is 19.2 Å². The van der Waals surface area contributed by atoms with Crippen molar-refractivity contribution in [2.24, 2.45) is 0 Å². The van der Waals surface area contributed by atoms with E-state index in [1.807, 2.05) is 6.92 Å². The molecule has 3 rings (SSSR count). The van der Waals surface area contributed by atoms with Crippen LogP contribution in [0, 0.1) is 11.6 Å². The summed E-state index contributed by atoms with van der Waals surface area (Å²) in [6.07, 6.45) is 3.60. The molecule has 2 atom stereocenters. The number of aliphatic hydroxyl groups is 1. The van der Waals surface area contributed by atoms with E-state index in [1.54, 1.807) is 18.3 Å². The fourth-order valence-electron chi connectivity index (χ4n) is 2.86. The molecule has 7 nitrogen and oxygen atoms in total. The van der Waals surface area contributed by atoms with Crippen molar-refractivity contribution in [2.75, 3.05) is 32.2 Å². The molecular weight excluding hydrogens is 410 g/mol. The van der Waals surface area contributed by atoms with Crippen LogP contribution < -0.4 is 10.1 Å². The summed E-state index contributed by atoms with van der Waals surface area (Å²) in [5.74, 6) is -2.06. The number of pyridine rings is 1. The van der Waals surface area contributed by atoms with Crippen molar-refractivity contribution in [3.63, 3.8) is 0 Å². The van der Waals surface area contributed by atoms with Gasteiger partial charge in [-0.2, -0.15) is 4.39 Å². The molecule has 2 unspecified atom stereocenters. The number of methoxy groups -OCH3 is 1. The van der Waals surface area contributed by atoms with Crippen LogP contribution in [0.3, 0.4) is 0 Å². The molecule has 1 aliphatic rings. The van der Waals surface area contributed by atoms with E-state index in [0.717, 1.165) is 24.6 Å². The van der Waals surface area contributed by atoms with Gasteiger partial charge in [0.2, 0.25) is 5.82 Å². The largest absolute Gasteiger partial charge is 0.488 e. The van der Waals surface area contributed by atoms with Gasteiger partial charge in [0.15, 0.2) is 11.6 Å². The van der Waals surface area contributed by atoms with Gasteiger partial charge in [-0.15, -0.1) is 0 Å². The molecule has 1 aromatic carbocycles. The monoisotopic (exact) mass is 438 g/mol. The summed E-state index contributed by atoms with van der Waals surface area (Å²) in [6.45, 7) is 2.57. The Hall–Kier alpha value is -2.62. The van der Waals surface area contributed by atoms with Gasteiger partial charge in [0.1, 0.15) is 12.7 Å². The number of halogens is 2. The number of nitrogens with zero attached hydrogens (tertiary/aromatic N) is 1. The number of aromatic nitrogens is 1. The number of rotatable bonds is 8. The summed E-state index contributed by atoms with van der Waals surface area (Å²) in [5, 5.41) is 11.7. The Kier molecular flexibility index (Phi) is 10.3. The van der Waals surface area contributed by atoms with E-state index >= 15 is 0 Å². The smallest absolute Gasteiger partial charge is 0.253 e. The zero-order valence-corrected chi connectivity index (χ0v) is 17.6. The predicted molar refractivity (Wildman–Crippen MR) is 111 cm³/mol. The summed E-state index contributed by atoms with van der Waals surface area (Å²) in [6, 6.07) is 7.30. The van der Waals surface area contributed by atoms with E-state index in [0.29, 0.717) is 18.7 Å². The molecule has 0 bridgehead atoms. The second-order valence-electron chi connectivity index (χ2n) is 6.90. The number of hydrogen-bond acceptors (Lipinski definition) is 6. The first-order valence-electron chi connectivity index (χ1n) is 10.0. The topological polar surface area (TPSA) is 89.9 Å². The zero-order chi connectivity index (χ0) is 22.6. The Morgan fingerprint density at radius 3 is 2.77 bits per heavy atom. The lowest BCUT2D eigenvalue weighted by molar-refractivity contribution is -0.126. The average Bonchev–Trinajstić information content (AvgIpc) is 3.19. The third-order valence-corrected chi connectivity index (χ3v) is 4.44. The molecule has 0 saturated carbocycles. The van der Waals surface area contributed by atoms with Crippen molar-refractivity contribution < 1.29 is 32.9 Å². The second kappa shape index (κ2) is 12.9. The highest BCUT2D eigenvalue weighted by molar-refractivity contribution is 5.94. The molecule has 0 aliphatic carbocycles. The van der Waals surface area contributed by atoms with Gasteiger partial charge >= 0.3 is 0 Å². The maximum Gasteiger partial charge on any atom is 0.253 e. The first kappa shape index (κ1) is 24.6. The van der Waals surface area contributed by atoms with Gasteiger partial charge in [-0.05, 0) is 44.0 Å². The maximum absolute atomic E-state index is 12.9. The highest BCUT2D eigenvalue weighted by Crippen LogP contribution is 2.21. The molecule has 2 N–H and O–H groups in total. The van der Waals surface area contributed by atoms with Crippen molar-refractivity contribution in [3.8, 4) is 5.75 Å². The minimum Gasteiger partial charge on any atom is -0.488 e. The minimum atomic E-state index is -0.960. The Morgan fingerprint density at radius 2 is 2.10 bits per heavy atom. The van der Waals surface area contributed by atoms with Gasteiger partial charge in [-0.3, -0.25) is 9.78 Å². The van der Waals surface area contributed by atoms with Crippen LogP contribution >= 0.6 is 0 Å². The molecule has 1 aromatic heterocycles. The van der Waals surface area contributed by atoms with E-state index < -0.39 is 11.6 Å². The minimum absolute atomic E-state index is 0.0493. The molecule has 9 heteroatoms. The van der Waals surface area contributed by atoms with Crippen molar-refractivity contribution in [3.05, 3.63) is 53.9 Å². The SMILES string of the molecule is CC1CCC(C(=O)Nc2ccnc(CCO)c2)O1.COCCOc1cccc(F)c1F. The summed E-state index contributed by atoms with van der Waals surface area (Å²) in [5.41, 5.74) is 1.46. The van der Waals surface area contributed by atoms with Crippen molar-refractivity contribution in [1.82, 2.24) is 4.98 Å². The van der Waals surface area contributed by atoms with Gasteiger partial charge in [-0.25, -0.2) is 4.39 Å². The molecule has 2 heterocycles. The lowest BCUT2D eigenvalue weighted by atomic mass is 10.2. The van der Waals surface area contributed by atoms with Crippen LogP contribution in [0.25, 0.3) is 0 Å².